The number of fused-ring (bicyclic) bond motifs is 1. The van der Waals surface area contributed by atoms with Crippen LogP contribution in [0.2, 0.25) is 0 Å². The Hall–Kier alpha value is -3.36. The molecule has 1 N–H and O–H groups in total. The Morgan fingerprint density at radius 2 is 1.94 bits per heavy atom. The van der Waals surface area contributed by atoms with Gasteiger partial charge in [-0.2, -0.15) is 0 Å². The third kappa shape index (κ3) is 4.12. The fourth-order valence-corrected chi connectivity index (χ4v) is 4.66. The van der Waals surface area contributed by atoms with Gasteiger partial charge in [0, 0.05) is 48.5 Å². The summed E-state index contributed by atoms with van der Waals surface area (Å²) in [7, 11) is 0. The van der Waals surface area contributed by atoms with Crippen LogP contribution in [0.25, 0.3) is 32.0 Å². The minimum Gasteiger partial charge on any atom is -0.378 e. The molecule has 1 aliphatic heterocycles. The number of pyridine rings is 1. The maximum Gasteiger partial charge on any atom is 0.221 e. The van der Waals surface area contributed by atoms with E-state index in [1.807, 2.05) is 36.4 Å². The number of anilines is 2. The van der Waals surface area contributed by atoms with Crippen LogP contribution < -0.4 is 10.2 Å². The lowest BCUT2D eigenvalue weighted by atomic mass is 10.1. The Bertz CT molecular complexity index is 1240. The summed E-state index contributed by atoms with van der Waals surface area (Å²) in [5, 5.41) is 3.88. The summed E-state index contributed by atoms with van der Waals surface area (Å²) in [6.45, 7) is 4.47. The van der Waals surface area contributed by atoms with Gasteiger partial charge in [-0.25, -0.2) is 9.97 Å². The van der Waals surface area contributed by atoms with Crippen LogP contribution in [0.1, 0.15) is 6.92 Å². The highest BCUT2D eigenvalue weighted by Crippen LogP contribution is 2.38. The molecule has 1 aliphatic rings. The van der Waals surface area contributed by atoms with Gasteiger partial charge >= 0.3 is 0 Å². The molecule has 0 unspecified atom stereocenters. The maximum atomic E-state index is 11.4. The smallest absolute Gasteiger partial charge is 0.221 e. The van der Waals surface area contributed by atoms with Gasteiger partial charge < -0.3 is 15.0 Å². The van der Waals surface area contributed by atoms with Gasteiger partial charge in [0.25, 0.3) is 0 Å². The van der Waals surface area contributed by atoms with E-state index in [-0.39, 0.29) is 5.91 Å². The summed E-state index contributed by atoms with van der Waals surface area (Å²) in [4.78, 5) is 29.7. The van der Waals surface area contributed by atoms with Crippen LogP contribution >= 0.6 is 11.3 Å². The van der Waals surface area contributed by atoms with Gasteiger partial charge in [0.1, 0.15) is 10.6 Å². The molecule has 1 saturated heterocycles. The van der Waals surface area contributed by atoms with Crippen molar-refractivity contribution in [1.29, 1.82) is 0 Å². The van der Waals surface area contributed by atoms with E-state index in [9.17, 15) is 4.79 Å². The average Bonchev–Trinajstić information content (AvgIpc) is 3.24. The Labute approximate surface area is 183 Å². The molecule has 4 heterocycles. The highest BCUT2D eigenvalue weighted by atomic mass is 32.1. The molecule has 0 aliphatic carbocycles. The molecule has 1 amide bonds. The molecule has 0 bridgehead atoms. The van der Waals surface area contributed by atoms with Crippen molar-refractivity contribution in [2.75, 3.05) is 36.5 Å². The molecule has 4 aromatic rings. The van der Waals surface area contributed by atoms with Crippen molar-refractivity contribution in [3.63, 3.8) is 0 Å². The molecule has 0 spiro atoms. The predicted molar refractivity (Wildman–Crippen MR) is 123 cm³/mol. The first kappa shape index (κ1) is 19.6. The van der Waals surface area contributed by atoms with Gasteiger partial charge in [0.05, 0.1) is 18.6 Å². The zero-order chi connectivity index (χ0) is 21.2. The molecule has 5 rings (SSSR count). The van der Waals surface area contributed by atoms with E-state index < -0.39 is 0 Å². The first-order valence-corrected chi connectivity index (χ1v) is 10.9. The van der Waals surface area contributed by atoms with Gasteiger partial charge in [-0.05, 0) is 35.9 Å². The molecule has 1 fully saturated rings. The monoisotopic (exact) mass is 431 g/mol. The van der Waals surface area contributed by atoms with E-state index >= 15 is 0 Å². The number of carbonyl (C=O) groups excluding carboxylic acids is 1. The Morgan fingerprint density at radius 3 is 2.71 bits per heavy atom. The summed E-state index contributed by atoms with van der Waals surface area (Å²) in [5.74, 6) is 1.50. The first-order valence-electron chi connectivity index (χ1n) is 10.1. The maximum absolute atomic E-state index is 11.4. The van der Waals surface area contributed by atoms with Crippen molar-refractivity contribution < 1.29 is 9.53 Å². The van der Waals surface area contributed by atoms with E-state index in [0.717, 1.165) is 50.8 Å². The van der Waals surface area contributed by atoms with Gasteiger partial charge in [0.2, 0.25) is 5.91 Å². The standard InChI is InChI=1S/C23H21N5O2S/c1-15(29)25-18-6-2-4-16(12-18)20-13-19-22(28-8-10-30-11-9-28)26-21(27-23(19)31-20)17-5-3-7-24-14-17/h2-7,12-14H,8-11H2,1H3,(H,25,29). The summed E-state index contributed by atoms with van der Waals surface area (Å²) in [5.41, 5.74) is 2.70. The van der Waals surface area contributed by atoms with Crippen LogP contribution in [-0.2, 0) is 9.53 Å². The lowest BCUT2D eigenvalue weighted by Gasteiger charge is -2.28. The van der Waals surface area contributed by atoms with Gasteiger partial charge in [0.15, 0.2) is 5.82 Å². The van der Waals surface area contributed by atoms with Crippen molar-refractivity contribution in [2.24, 2.45) is 0 Å². The minimum absolute atomic E-state index is 0.0879. The molecule has 0 atom stereocenters. The van der Waals surface area contributed by atoms with Crippen LogP contribution in [0, 0.1) is 0 Å². The summed E-state index contributed by atoms with van der Waals surface area (Å²) >= 11 is 1.62. The lowest BCUT2D eigenvalue weighted by Crippen LogP contribution is -2.37. The second kappa shape index (κ2) is 8.41. The Morgan fingerprint density at radius 1 is 1.10 bits per heavy atom. The molecule has 7 nitrogen and oxygen atoms in total. The number of amides is 1. The quantitative estimate of drug-likeness (QED) is 0.521. The Kier molecular flexibility index (Phi) is 5.31. The zero-order valence-electron chi connectivity index (χ0n) is 17.0. The molecule has 8 heteroatoms. The third-order valence-corrected chi connectivity index (χ3v) is 6.15. The Balaban J connectivity index is 1.63. The van der Waals surface area contributed by atoms with Crippen LogP contribution in [0.3, 0.4) is 0 Å². The number of nitrogens with zero attached hydrogens (tertiary/aromatic N) is 4. The largest absolute Gasteiger partial charge is 0.378 e. The molecule has 31 heavy (non-hydrogen) atoms. The summed E-state index contributed by atoms with van der Waals surface area (Å²) < 4.78 is 5.54. The molecule has 3 aromatic heterocycles. The number of hydrogen-bond donors (Lipinski definition) is 1. The van der Waals surface area contributed by atoms with Crippen molar-refractivity contribution >= 4 is 39.0 Å². The fraction of sp³-hybridized carbons (Fsp3) is 0.217. The first-order chi connectivity index (χ1) is 15.2. The minimum atomic E-state index is -0.0879. The van der Waals surface area contributed by atoms with E-state index in [2.05, 4.69) is 21.3 Å². The molecule has 156 valence electrons. The number of thiophene rings is 1. The average molecular weight is 432 g/mol. The second-order valence-corrected chi connectivity index (χ2v) is 8.33. The lowest BCUT2D eigenvalue weighted by molar-refractivity contribution is -0.114. The predicted octanol–water partition coefficient (Wildman–Crippen LogP) is 4.22. The van der Waals surface area contributed by atoms with Crippen LogP contribution in [0.5, 0.6) is 0 Å². The topological polar surface area (TPSA) is 80.2 Å². The number of benzene rings is 1. The van der Waals surface area contributed by atoms with Crippen LogP contribution in [0.4, 0.5) is 11.5 Å². The second-order valence-electron chi connectivity index (χ2n) is 7.30. The number of rotatable bonds is 4. The number of ether oxygens (including phenoxy) is 1. The third-order valence-electron chi connectivity index (χ3n) is 5.07. The molecule has 0 radical (unpaired) electrons. The highest BCUT2D eigenvalue weighted by molar-refractivity contribution is 7.22. The van der Waals surface area contributed by atoms with Crippen molar-refractivity contribution in [1.82, 2.24) is 15.0 Å². The van der Waals surface area contributed by atoms with Crippen molar-refractivity contribution in [3.05, 3.63) is 54.9 Å². The van der Waals surface area contributed by atoms with E-state index in [1.54, 1.807) is 23.7 Å². The van der Waals surface area contributed by atoms with Gasteiger partial charge in [-0.3, -0.25) is 9.78 Å². The molecule has 1 aromatic carbocycles. The fourth-order valence-electron chi connectivity index (χ4n) is 3.64. The zero-order valence-corrected chi connectivity index (χ0v) is 17.9. The number of aromatic nitrogens is 3. The van der Waals surface area contributed by atoms with Gasteiger partial charge in [-0.15, -0.1) is 11.3 Å². The number of carbonyl (C=O) groups is 1. The van der Waals surface area contributed by atoms with Crippen molar-refractivity contribution in [2.45, 2.75) is 6.92 Å². The van der Waals surface area contributed by atoms with Crippen LogP contribution in [-0.4, -0.2) is 47.2 Å². The molecular weight excluding hydrogens is 410 g/mol. The molecular formula is C23H21N5O2S. The van der Waals surface area contributed by atoms with E-state index in [4.69, 9.17) is 14.7 Å². The highest BCUT2D eigenvalue weighted by Gasteiger charge is 2.20. The normalized spacial score (nSPS) is 14.0. The summed E-state index contributed by atoms with van der Waals surface area (Å²) in [6.07, 6.45) is 3.53. The SMILES string of the molecule is CC(=O)Nc1cccc(-c2cc3c(N4CCOCC4)nc(-c4cccnc4)nc3s2)c1. The van der Waals surface area contributed by atoms with Crippen molar-refractivity contribution in [3.8, 4) is 21.8 Å². The number of nitrogens with one attached hydrogen (secondary N) is 1. The van der Waals surface area contributed by atoms with Crippen LogP contribution in [0.15, 0.2) is 54.9 Å². The number of morpholine rings is 1. The molecule has 0 saturated carbocycles. The van der Waals surface area contributed by atoms with E-state index in [1.165, 1.54) is 6.92 Å². The van der Waals surface area contributed by atoms with Gasteiger partial charge in [-0.1, -0.05) is 12.1 Å². The summed E-state index contributed by atoms with van der Waals surface area (Å²) in [6, 6.07) is 13.9. The van der Waals surface area contributed by atoms with E-state index in [0.29, 0.717) is 19.0 Å². The number of hydrogen-bond acceptors (Lipinski definition) is 7.